The van der Waals surface area contributed by atoms with Gasteiger partial charge in [0.15, 0.2) is 11.5 Å². The molecule has 5 nitrogen and oxygen atoms in total. The van der Waals surface area contributed by atoms with Crippen molar-refractivity contribution in [3.63, 3.8) is 0 Å². The van der Waals surface area contributed by atoms with E-state index >= 15 is 0 Å². The van der Waals surface area contributed by atoms with Crippen molar-refractivity contribution in [1.29, 1.82) is 0 Å². The van der Waals surface area contributed by atoms with Crippen molar-refractivity contribution in [2.24, 2.45) is 0 Å². The van der Waals surface area contributed by atoms with Gasteiger partial charge in [-0.3, -0.25) is 9.78 Å². The van der Waals surface area contributed by atoms with Gasteiger partial charge in [-0.25, -0.2) is 0 Å². The molecule has 5 heteroatoms. The number of pyridine rings is 1. The second-order valence-electron chi connectivity index (χ2n) is 7.95. The summed E-state index contributed by atoms with van der Waals surface area (Å²) in [6, 6.07) is 15.5. The van der Waals surface area contributed by atoms with Gasteiger partial charge in [-0.05, 0) is 78.8 Å². The van der Waals surface area contributed by atoms with Crippen LogP contribution in [0.1, 0.15) is 41.3 Å². The fourth-order valence-corrected chi connectivity index (χ4v) is 3.81. The molecular formula is C28H30N2O3. The van der Waals surface area contributed by atoms with E-state index < -0.39 is 0 Å². The van der Waals surface area contributed by atoms with Gasteiger partial charge < -0.3 is 14.8 Å². The van der Waals surface area contributed by atoms with Crippen LogP contribution in [-0.4, -0.2) is 31.2 Å². The molecule has 0 spiro atoms. The van der Waals surface area contributed by atoms with E-state index in [1.807, 2.05) is 55.6 Å². The first-order valence-electron chi connectivity index (χ1n) is 11.0. The van der Waals surface area contributed by atoms with E-state index in [0.29, 0.717) is 23.5 Å². The lowest BCUT2D eigenvalue weighted by atomic mass is 9.95. The van der Waals surface area contributed by atoms with Gasteiger partial charge >= 0.3 is 0 Å². The number of ether oxygens (including phenoxy) is 2. The molecule has 0 saturated carbocycles. The summed E-state index contributed by atoms with van der Waals surface area (Å²) < 4.78 is 10.8. The maximum atomic E-state index is 12.9. The van der Waals surface area contributed by atoms with Gasteiger partial charge in [0.2, 0.25) is 0 Å². The summed E-state index contributed by atoms with van der Waals surface area (Å²) in [5.41, 5.74) is 4.65. The Bertz CT molecular complexity index is 1120. The van der Waals surface area contributed by atoms with Crippen LogP contribution in [0, 0.1) is 12.3 Å². The van der Waals surface area contributed by atoms with Gasteiger partial charge in [0.1, 0.15) is 0 Å². The summed E-state index contributed by atoms with van der Waals surface area (Å²) >= 11 is 0. The molecule has 33 heavy (non-hydrogen) atoms. The molecule has 0 aliphatic heterocycles. The smallest absolute Gasteiger partial charge is 0.251 e. The Labute approximate surface area is 196 Å². The van der Waals surface area contributed by atoms with E-state index in [9.17, 15) is 4.79 Å². The monoisotopic (exact) mass is 442 g/mol. The molecule has 1 unspecified atom stereocenters. The average molecular weight is 443 g/mol. The van der Waals surface area contributed by atoms with Crippen molar-refractivity contribution < 1.29 is 14.3 Å². The van der Waals surface area contributed by atoms with Gasteiger partial charge in [-0.15, -0.1) is 12.3 Å². The Kier molecular flexibility index (Phi) is 8.49. The zero-order valence-corrected chi connectivity index (χ0v) is 19.4. The van der Waals surface area contributed by atoms with Gasteiger partial charge in [-0.1, -0.05) is 18.2 Å². The summed E-state index contributed by atoms with van der Waals surface area (Å²) in [6.07, 6.45) is 12.5. The Balaban J connectivity index is 1.70. The third-order valence-corrected chi connectivity index (χ3v) is 5.56. The molecule has 1 atom stereocenters. The van der Waals surface area contributed by atoms with Crippen LogP contribution in [-0.2, 0) is 12.8 Å². The summed E-state index contributed by atoms with van der Waals surface area (Å²) in [6.45, 7) is 2.03. The van der Waals surface area contributed by atoms with Crippen LogP contribution in [0.2, 0.25) is 0 Å². The predicted molar refractivity (Wildman–Crippen MR) is 132 cm³/mol. The number of hydrogen-bond acceptors (Lipinski definition) is 4. The summed E-state index contributed by atoms with van der Waals surface area (Å²) in [4.78, 5) is 17.0. The van der Waals surface area contributed by atoms with E-state index in [1.165, 1.54) is 5.56 Å². The molecule has 0 aliphatic carbocycles. The number of rotatable bonds is 10. The Morgan fingerprint density at radius 2 is 1.94 bits per heavy atom. The molecule has 1 aromatic heterocycles. The maximum Gasteiger partial charge on any atom is 0.251 e. The molecule has 1 N–H and O–H groups in total. The second-order valence-corrected chi connectivity index (χ2v) is 7.95. The minimum atomic E-state index is -0.0963. The largest absolute Gasteiger partial charge is 0.493 e. The number of aryl methyl sites for hydroxylation is 1. The Morgan fingerprint density at radius 1 is 1.12 bits per heavy atom. The maximum absolute atomic E-state index is 12.9. The van der Waals surface area contributed by atoms with Crippen molar-refractivity contribution in [3.8, 4) is 35.0 Å². The van der Waals surface area contributed by atoms with Crippen molar-refractivity contribution in [3.05, 3.63) is 77.6 Å². The zero-order chi connectivity index (χ0) is 23.6. The van der Waals surface area contributed by atoms with Crippen LogP contribution in [0.15, 0.2) is 60.9 Å². The number of aromatic nitrogens is 1. The van der Waals surface area contributed by atoms with Crippen molar-refractivity contribution in [1.82, 2.24) is 10.3 Å². The fraction of sp³-hybridized carbons (Fsp3) is 0.286. The van der Waals surface area contributed by atoms with Gasteiger partial charge in [0.25, 0.3) is 5.91 Å². The normalized spacial score (nSPS) is 11.3. The molecule has 1 heterocycles. The highest BCUT2D eigenvalue weighted by Crippen LogP contribution is 2.34. The fourth-order valence-electron chi connectivity index (χ4n) is 3.81. The Hall–Kier alpha value is -3.78. The number of nitrogens with zero attached hydrogens (tertiary/aromatic N) is 1. The minimum absolute atomic E-state index is 0.0655. The first-order valence-corrected chi connectivity index (χ1v) is 11.0. The highest BCUT2D eigenvalue weighted by molar-refractivity contribution is 5.95. The van der Waals surface area contributed by atoms with Crippen LogP contribution in [0.3, 0.4) is 0 Å². The summed E-state index contributed by atoms with van der Waals surface area (Å²) in [7, 11) is 3.21. The molecule has 0 aliphatic rings. The third kappa shape index (κ3) is 6.36. The number of benzene rings is 2. The van der Waals surface area contributed by atoms with Crippen molar-refractivity contribution in [2.75, 3.05) is 14.2 Å². The number of terminal acetylenes is 1. The lowest BCUT2D eigenvalue weighted by Gasteiger charge is -2.16. The molecule has 0 radical (unpaired) electrons. The molecular weight excluding hydrogens is 412 g/mol. The van der Waals surface area contributed by atoms with Crippen LogP contribution in [0.5, 0.6) is 11.5 Å². The SMILES string of the molecule is C#CCc1cc(C(=O)NC(C)CCCc2cccnc2)ccc1-c1ccc(OC)c(OC)c1. The average Bonchev–Trinajstić information content (AvgIpc) is 2.84. The summed E-state index contributed by atoms with van der Waals surface area (Å²) in [5, 5.41) is 3.10. The molecule has 170 valence electrons. The molecule has 2 aromatic carbocycles. The highest BCUT2D eigenvalue weighted by atomic mass is 16.5. The van der Waals surface area contributed by atoms with Crippen molar-refractivity contribution >= 4 is 5.91 Å². The van der Waals surface area contributed by atoms with Gasteiger partial charge in [-0.2, -0.15) is 0 Å². The summed E-state index contributed by atoms with van der Waals surface area (Å²) in [5.74, 6) is 3.91. The molecule has 0 bridgehead atoms. The number of carbonyl (C=O) groups is 1. The minimum Gasteiger partial charge on any atom is -0.493 e. The van der Waals surface area contributed by atoms with E-state index in [-0.39, 0.29) is 11.9 Å². The van der Waals surface area contributed by atoms with Crippen LogP contribution in [0.25, 0.3) is 11.1 Å². The zero-order valence-electron chi connectivity index (χ0n) is 19.4. The Morgan fingerprint density at radius 3 is 2.64 bits per heavy atom. The van der Waals surface area contributed by atoms with Crippen LogP contribution in [0.4, 0.5) is 0 Å². The lowest BCUT2D eigenvalue weighted by Crippen LogP contribution is -2.32. The molecule has 1 amide bonds. The quantitative estimate of drug-likeness (QED) is 0.445. The first kappa shape index (κ1) is 23.9. The van der Waals surface area contributed by atoms with Gasteiger partial charge in [0, 0.05) is 30.4 Å². The van der Waals surface area contributed by atoms with Crippen LogP contribution >= 0.6 is 0 Å². The number of amides is 1. The highest BCUT2D eigenvalue weighted by Gasteiger charge is 2.14. The first-order chi connectivity index (χ1) is 16.0. The van der Waals surface area contributed by atoms with E-state index in [2.05, 4.69) is 22.3 Å². The van der Waals surface area contributed by atoms with Gasteiger partial charge in [0.05, 0.1) is 14.2 Å². The molecule has 0 saturated heterocycles. The number of nitrogens with one attached hydrogen (secondary N) is 1. The van der Waals surface area contributed by atoms with Crippen LogP contribution < -0.4 is 14.8 Å². The predicted octanol–water partition coefficient (Wildman–Crippen LogP) is 5.08. The lowest BCUT2D eigenvalue weighted by molar-refractivity contribution is 0.0938. The van der Waals surface area contributed by atoms with E-state index in [0.717, 1.165) is 36.0 Å². The molecule has 0 fully saturated rings. The topological polar surface area (TPSA) is 60.5 Å². The molecule has 3 aromatic rings. The molecule has 3 rings (SSSR count). The standard InChI is InChI=1S/C28H30N2O3/c1-5-8-22-17-24(12-14-25(22)23-13-15-26(32-3)27(18-23)33-4)28(31)30-20(2)9-6-10-21-11-7-16-29-19-21/h1,7,11-20H,6,8-10H2,2-4H3,(H,30,31). The van der Waals surface area contributed by atoms with E-state index in [1.54, 1.807) is 20.4 Å². The van der Waals surface area contributed by atoms with E-state index in [4.69, 9.17) is 15.9 Å². The number of methoxy groups -OCH3 is 2. The number of hydrogen-bond donors (Lipinski definition) is 1. The third-order valence-electron chi connectivity index (χ3n) is 5.56. The second kappa shape index (κ2) is 11.7. The van der Waals surface area contributed by atoms with Crippen molar-refractivity contribution in [2.45, 2.75) is 38.6 Å². The number of carbonyl (C=O) groups excluding carboxylic acids is 1.